The van der Waals surface area contributed by atoms with Crippen LogP contribution in [0.4, 0.5) is 34.1 Å². The molecular weight excluding hydrogens is 777 g/mol. The molecule has 3 heteroatoms. The van der Waals surface area contributed by atoms with Crippen molar-refractivity contribution >= 4 is 66.8 Å². The lowest BCUT2D eigenvalue weighted by Crippen LogP contribution is -2.16. The Morgan fingerprint density at radius 2 is 0.781 bits per heavy atom. The van der Waals surface area contributed by atoms with Crippen molar-refractivity contribution < 1.29 is 4.42 Å². The predicted molar refractivity (Wildman–Crippen MR) is 269 cm³/mol. The van der Waals surface area contributed by atoms with Crippen LogP contribution in [-0.4, -0.2) is 0 Å². The molecule has 0 saturated carbocycles. The first-order valence-electron chi connectivity index (χ1n) is 22.1. The molecule has 0 radical (unpaired) electrons. The second-order valence-electron chi connectivity index (χ2n) is 17.4. The summed E-state index contributed by atoms with van der Waals surface area (Å²) in [6.07, 6.45) is 0. The van der Waals surface area contributed by atoms with E-state index in [0.717, 1.165) is 67.2 Å². The maximum atomic E-state index is 6.32. The average Bonchev–Trinajstić information content (AvgIpc) is 3.83. The van der Waals surface area contributed by atoms with Crippen LogP contribution in [0.15, 0.2) is 235 Å². The summed E-state index contributed by atoms with van der Waals surface area (Å²) in [4.78, 5) is 4.67. The normalized spacial score (nSPS) is 12.7. The molecule has 0 amide bonds. The first-order chi connectivity index (χ1) is 31.5. The van der Waals surface area contributed by atoms with Crippen molar-refractivity contribution in [1.29, 1.82) is 0 Å². The van der Waals surface area contributed by atoms with Crippen LogP contribution >= 0.6 is 0 Å². The summed E-state index contributed by atoms with van der Waals surface area (Å²) in [5, 5.41) is 4.80. The Morgan fingerprint density at radius 3 is 1.45 bits per heavy atom. The smallest absolute Gasteiger partial charge is 0.137 e. The number of hydrogen-bond donors (Lipinski definition) is 0. The number of anilines is 6. The molecule has 1 aromatic heterocycles. The summed E-state index contributed by atoms with van der Waals surface area (Å²) >= 11 is 0. The van der Waals surface area contributed by atoms with Crippen molar-refractivity contribution in [3.05, 3.63) is 242 Å². The molecule has 0 aliphatic heterocycles. The van der Waals surface area contributed by atoms with E-state index in [1.807, 2.05) is 12.1 Å². The fraction of sp³-hybridized carbons (Fsp3) is 0.0492. The van der Waals surface area contributed by atoms with Crippen LogP contribution in [0.2, 0.25) is 0 Å². The number of hydrogen-bond acceptors (Lipinski definition) is 3. The number of fused-ring (bicyclic) bond motifs is 7. The van der Waals surface area contributed by atoms with Crippen molar-refractivity contribution in [1.82, 2.24) is 0 Å². The second-order valence-corrected chi connectivity index (χ2v) is 17.4. The summed E-state index contributed by atoms with van der Waals surface area (Å²) in [6.45, 7) is 4.75. The van der Waals surface area contributed by atoms with Gasteiger partial charge in [0.2, 0.25) is 0 Å². The molecule has 0 unspecified atom stereocenters. The quantitative estimate of drug-likeness (QED) is 0.152. The highest BCUT2D eigenvalue weighted by atomic mass is 16.3. The predicted octanol–water partition coefficient (Wildman–Crippen LogP) is 17.3. The third kappa shape index (κ3) is 6.28. The van der Waals surface area contributed by atoms with E-state index in [2.05, 4.69) is 242 Å². The van der Waals surface area contributed by atoms with Gasteiger partial charge in [-0.2, -0.15) is 0 Å². The summed E-state index contributed by atoms with van der Waals surface area (Å²) < 4.78 is 6.32. The first kappa shape index (κ1) is 37.6. The molecule has 304 valence electrons. The second kappa shape index (κ2) is 15.0. The van der Waals surface area contributed by atoms with Crippen molar-refractivity contribution in [2.24, 2.45) is 0 Å². The molecule has 11 aromatic rings. The van der Waals surface area contributed by atoms with Gasteiger partial charge < -0.3 is 14.2 Å². The maximum absolute atomic E-state index is 6.32. The summed E-state index contributed by atoms with van der Waals surface area (Å²) in [5.41, 5.74) is 18.3. The molecule has 1 aliphatic rings. The lowest BCUT2D eigenvalue weighted by atomic mass is 9.81. The van der Waals surface area contributed by atoms with Crippen molar-refractivity contribution in [2.45, 2.75) is 19.3 Å². The molecule has 0 atom stereocenters. The Hall–Kier alpha value is -8.14. The summed E-state index contributed by atoms with van der Waals surface area (Å²) in [5.74, 6) is 0. The van der Waals surface area contributed by atoms with Crippen LogP contribution in [-0.2, 0) is 5.41 Å². The van der Waals surface area contributed by atoms with Gasteiger partial charge in [0.25, 0.3) is 0 Å². The summed E-state index contributed by atoms with van der Waals surface area (Å²) in [7, 11) is 0. The third-order valence-electron chi connectivity index (χ3n) is 13.3. The van der Waals surface area contributed by atoms with Crippen LogP contribution in [0, 0.1) is 0 Å². The molecule has 3 nitrogen and oxygen atoms in total. The van der Waals surface area contributed by atoms with Crippen LogP contribution < -0.4 is 9.80 Å². The van der Waals surface area contributed by atoms with Gasteiger partial charge in [-0.15, -0.1) is 0 Å². The van der Waals surface area contributed by atoms with E-state index in [-0.39, 0.29) is 5.41 Å². The Bertz CT molecular complexity index is 3510. The largest absolute Gasteiger partial charge is 0.456 e. The SMILES string of the molecule is CC1(C)c2cc(-c3cccc4ccccc34)ccc2-c2ccc(N(c3ccccc3)c3ccc(-c4ccc(N(c5ccccc5)c5ccc6c(c5)oc5ccccc56)cc4)cc3)cc21. The fourth-order valence-corrected chi connectivity index (χ4v) is 10.0. The molecule has 0 fully saturated rings. The topological polar surface area (TPSA) is 19.6 Å². The highest BCUT2D eigenvalue weighted by Crippen LogP contribution is 2.52. The van der Waals surface area contributed by atoms with Gasteiger partial charge in [-0.1, -0.05) is 153 Å². The standard InChI is InChI=1S/C61H44N2O/c1-61(2)57-38-44(52-22-13-15-43-14-9-10-20-51(43)52)28-35-53(57)54-36-33-49(39-58(54)61)62(45-16-5-3-6-17-45)47-29-24-41(25-30-47)42-26-31-48(32-27-42)63(46-18-7-4-8-19-46)50-34-37-56-55-21-11-12-23-59(55)64-60(56)40-50/h3-40H,1-2H3. The van der Waals surface area contributed by atoms with Crippen molar-refractivity contribution in [3.63, 3.8) is 0 Å². The highest BCUT2D eigenvalue weighted by molar-refractivity contribution is 6.06. The van der Waals surface area contributed by atoms with Crippen molar-refractivity contribution in [2.75, 3.05) is 9.80 Å². The lowest BCUT2D eigenvalue weighted by Gasteiger charge is -2.28. The van der Waals surface area contributed by atoms with E-state index in [4.69, 9.17) is 4.42 Å². The van der Waals surface area contributed by atoms with Gasteiger partial charge in [-0.3, -0.25) is 0 Å². The molecule has 0 saturated heterocycles. The zero-order valence-electron chi connectivity index (χ0n) is 35.7. The third-order valence-corrected chi connectivity index (χ3v) is 13.3. The Kier molecular flexibility index (Phi) is 8.84. The Balaban J connectivity index is 0.865. The maximum Gasteiger partial charge on any atom is 0.137 e. The van der Waals surface area contributed by atoms with Crippen LogP contribution in [0.25, 0.3) is 66.1 Å². The molecule has 1 aliphatic carbocycles. The van der Waals surface area contributed by atoms with E-state index < -0.39 is 0 Å². The minimum Gasteiger partial charge on any atom is -0.456 e. The molecule has 1 heterocycles. The van der Waals surface area contributed by atoms with Crippen molar-refractivity contribution in [3.8, 4) is 33.4 Å². The number of furan rings is 1. The van der Waals surface area contributed by atoms with Gasteiger partial charge in [0, 0.05) is 56.4 Å². The van der Waals surface area contributed by atoms with Crippen LogP contribution in [0.5, 0.6) is 0 Å². The molecule has 12 rings (SSSR count). The Labute approximate surface area is 373 Å². The van der Waals surface area contributed by atoms with Gasteiger partial charge in [0.15, 0.2) is 0 Å². The van der Waals surface area contributed by atoms with E-state index in [9.17, 15) is 0 Å². The summed E-state index contributed by atoms with van der Waals surface area (Å²) in [6, 6.07) is 83.2. The first-order valence-corrected chi connectivity index (χ1v) is 22.1. The monoisotopic (exact) mass is 820 g/mol. The number of benzene rings is 10. The molecule has 10 aromatic carbocycles. The minimum absolute atomic E-state index is 0.185. The van der Waals surface area contributed by atoms with E-state index in [1.54, 1.807) is 0 Å². The zero-order chi connectivity index (χ0) is 42.8. The van der Waals surface area contributed by atoms with E-state index >= 15 is 0 Å². The van der Waals surface area contributed by atoms with Gasteiger partial charge in [-0.05, 0) is 140 Å². The number of para-hydroxylation sites is 3. The van der Waals surface area contributed by atoms with Gasteiger partial charge >= 0.3 is 0 Å². The minimum atomic E-state index is -0.185. The lowest BCUT2D eigenvalue weighted by molar-refractivity contribution is 0.660. The number of nitrogens with zero attached hydrogens (tertiary/aromatic N) is 2. The van der Waals surface area contributed by atoms with E-state index in [0.29, 0.717) is 0 Å². The van der Waals surface area contributed by atoms with Crippen LogP contribution in [0.3, 0.4) is 0 Å². The zero-order valence-corrected chi connectivity index (χ0v) is 35.7. The Morgan fingerprint density at radius 1 is 0.312 bits per heavy atom. The fourth-order valence-electron chi connectivity index (χ4n) is 10.0. The molecule has 0 N–H and O–H groups in total. The van der Waals surface area contributed by atoms with E-state index in [1.165, 1.54) is 44.2 Å². The van der Waals surface area contributed by atoms with Gasteiger partial charge in [-0.25, -0.2) is 0 Å². The van der Waals surface area contributed by atoms with Gasteiger partial charge in [0.05, 0.1) is 0 Å². The average molecular weight is 821 g/mol. The highest BCUT2D eigenvalue weighted by Gasteiger charge is 2.36. The molecular formula is C61H44N2O. The molecule has 64 heavy (non-hydrogen) atoms. The number of rotatable bonds is 8. The molecule has 0 bridgehead atoms. The van der Waals surface area contributed by atoms with Crippen LogP contribution in [0.1, 0.15) is 25.0 Å². The van der Waals surface area contributed by atoms with Gasteiger partial charge in [0.1, 0.15) is 11.2 Å². The molecule has 0 spiro atoms.